The van der Waals surface area contributed by atoms with Crippen molar-refractivity contribution in [1.82, 2.24) is 19.4 Å². The number of carbonyl (C=O) groups excluding carboxylic acids is 1. The second kappa shape index (κ2) is 8.51. The molecule has 1 aliphatic rings. The van der Waals surface area contributed by atoms with Crippen molar-refractivity contribution in [3.63, 3.8) is 0 Å². The van der Waals surface area contributed by atoms with Gasteiger partial charge < -0.3 is 14.2 Å². The van der Waals surface area contributed by atoms with Crippen LogP contribution in [0.25, 0.3) is 21.8 Å². The van der Waals surface area contributed by atoms with E-state index in [1.165, 1.54) is 29.9 Å². The Hall–Kier alpha value is -2.59. The molecule has 6 nitrogen and oxygen atoms in total. The van der Waals surface area contributed by atoms with Gasteiger partial charge in [0.25, 0.3) is 0 Å². The standard InChI is InChI=1S/C20H20F4N4O2.ClH/c1-26-5-6-27(11-17(26)29)7-8-28-15-10-16(30-2)14(21)9-13(15)12-3-4-25-19(18(12)28)20(22,23)24;/h3-4,9-10H,5-8,11H2,1-2H3;1H. The van der Waals surface area contributed by atoms with Gasteiger partial charge in [-0.2, -0.15) is 13.2 Å². The van der Waals surface area contributed by atoms with E-state index < -0.39 is 17.7 Å². The number of hydrogen-bond acceptors (Lipinski definition) is 4. The minimum absolute atomic E-state index is 0. The van der Waals surface area contributed by atoms with Crippen molar-refractivity contribution in [3.05, 3.63) is 35.9 Å². The van der Waals surface area contributed by atoms with E-state index in [0.717, 1.165) is 6.20 Å². The molecule has 2 aromatic heterocycles. The largest absolute Gasteiger partial charge is 0.494 e. The summed E-state index contributed by atoms with van der Waals surface area (Å²) in [6, 6.07) is 4.04. The number of ether oxygens (including phenoxy) is 1. The van der Waals surface area contributed by atoms with Gasteiger partial charge in [0.15, 0.2) is 17.3 Å². The second-order valence-corrected chi connectivity index (χ2v) is 7.30. The number of rotatable bonds is 4. The molecule has 4 rings (SSSR count). The maximum absolute atomic E-state index is 14.3. The van der Waals surface area contributed by atoms with Gasteiger partial charge in [0.1, 0.15) is 0 Å². The lowest BCUT2D eigenvalue weighted by molar-refractivity contribution is -0.140. The van der Waals surface area contributed by atoms with Gasteiger partial charge in [-0.25, -0.2) is 9.37 Å². The molecule has 1 fully saturated rings. The van der Waals surface area contributed by atoms with Gasteiger partial charge in [0.2, 0.25) is 5.91 Å². The first-order chi connectivity index (χ1) is 14.2. The smallest absolute Gasteiger partial charge is 0.435 e. The van der Waals surface area contributed by atoms with Gasteiger partial charge >= 0.3 is 6.18 Å². The van der Waals surface area contributed by atoms with Crippen molar-refractivity contribution in [2.75, 3.05) is 40.3 Å². The van der Waals surface area contributed by atoms with Gasteiger partial charge in [-0.1, -0.05) is 0 Å². The highest BCUT2D eigenvalue weighted by molar-refractivity contribution is 6.09. The molecule has 3 aromatic rings. The average molecular weight is 461 g/mol. The summed E-state index contributed by atoms with van der Waals surface area (Å²) in [7, 11) is 3.02. The summed E-state index contributed by atoms with van der Waals surface area (Å²) in [5.74, 6) is -0.744. The molecule has 11 heteroatoms. The molecule has 31 heavy (non-hydrogen) atoms. The van der Waals surface area contributed by atoms with E-state index in [4.69, 9.17) is 4.74 Å². The van der Waals surface area contributed by atoms with Crippen LogP contribution in [0.1, 0.15) is 5.69 Å². The summed E-state index contributed by atoms with van der Waals surface area (Å²) < 4.78 is 62.0. The first-order valence-corrected chi connectivity index (χ1v) is 9.38. The van der Waals surface area contributed by atoms with Gasteiger partial charge in [-0.05, 0) is 12.1 Å². The number of nitrogens with zero attached hydrogens (tertiary/aromatic N) is 4. The maximum Gasteiger partial charge on any atom is 0.435 e. The minimum atomic E-state index is -4.67. The Morgan fingerprint density at radius 2 is 1.90 bits per heavy atom. The van der Waals surface area contributed by atoms with Crippen LogP contribution in [0.5, 0.6) is 5.75 Å². The van der Waals surface area contributed by atoms with E-state index in [9.17, 15) is 22.4 Å². The number of alkyl halides is 3. The van der Waals surface area contributed by atoms with E-state index in [2.05, 4.69) is 4.98 Å². The molecule has 0 atom stereocenters. The maximum atomic E-state index is 14.3. The zero-order valence-electron chi connectivity index (χ0n) is 16.9. The molecule has 0 spiro atoms. The molecule has 1 aliphatic heterocycles. The van der Waals surface area contributed by atoms with Gasteiger partial charge in [0.05, 0.1) is 24.7 Å². The van der Waals surface area contributed by atoms with E-state index in [-0.39, 0.29) is 48.1 Å². The van der Waals surface area contributed by atoms with Crippen LogP contribution in [0.15, 0.2) is 24.4 Å². The Bertz CT molecular complexity index is 1130. The molecule has 0 N–H and O–H groups in total. The molecule has 0 radical (unpaired) electrons. The van der Waals surface area contributed by atoms with Crippen molar-refractivity contribution in [3.8, 4) is 5.75 Å². The van der Waals surface area contributed by atoms with E-state index in [1.54, 1.807) is 11.9 Å². The Morgan fingerprint density at radius 1 is 1.16 bits per heavy atom. The number of halogens is 5. The second-order valence-electron chi connectivity index (χ2n) is 7.30. The number of methoxy groups -OCH3 is 1. The average Bonchev–Trinajstić information content (AvgIpc) is 3.00. The number of hydrogen-bond donors (Lipinski definition) is 0. The summed E-state index contributed by atoms with van der Waals surface area (Å²) in [6.45, 7) is 1.93. The van der Waals surface area contributed by atoms with E-state index in [0.29, 0.717) is 30.5 Å². The fourth-order valence-electron chi connectivity index (χ4n) is 3.88. The highest BCUT2D eigenvalue weighted by atomic mass is 35.5. The predicted octanol–water partition coefficient (Wildman–Crippen LogP) is 3.55. The molecule has 3 heterocycles. The fraction of sp³-hybridized carbons (Fsp3) is 0.400. The van der Waals surface area contributed by atoms with Crippen LogP contribution in [0, 0.1) is 5.82 Å². The van der Waals surface area contributed by atoms with Crippen LogP contribution in [-0.2, 0) is 17.5 Å². The number of pyridine rings is 1. The topological polar surface area (TPSA) is 50.6 Å². The van der Waals surface area contributed by atoms with Crippen molar-refractivity contribution in [2.45, 2.75) is 12.7 Å². The minimum Gasteiger partial charge on any atom is -0.494 e. The summed E-state index contributed by atoms with van der Waals surface area (Å²) in [4.78, 5) is 19.0. The highest BCUT2D eigenvalue weighted by Crippen LogP contribution is 2.39. The first kappa shape index (κ1) is 23.1. The van der Waals surface area contributed by atoms with Gasteiger partial charge in [-0.15, -0.1) is 12.4 Å². The monoisotopic (exact) mass is 460 g/mol. The molecular formula is C20H21ClF4N4O2. The number of likely N-dealkylation sites (N-methyl/N-ethyl adjacent to an activating group) is 1. The van der Waals surface area contributed by atoms with Crippen molar-refractivity contribution in [2.24, 2.45) is 0 Å². The van der Waals surface area contributed by atoms with Crippen LogP contribution in [-0.4, -0.2) is 65.6 Å². The van der Waals surface area contributed by atoms with Crippen LogP contribution in [0.2, 0.25) is 0 Å². The third-order valence-electron chi connectivity index (χ3n) is 5.49. The van der Waals surface area contributed by atoms with Gasteiger partial charge in [0, 0.05) is 56.3 Å². The highest BCUT2D eigenvalue weighted by Gasteiger charge is 2.36. The number of amides is 1. The lowest BCUT2D eigenvalue weighted by Crippen LogP contribution is -2.49. The summed E-state index contributed by atoms with van der Waals surface area (Å²) in [5, 5.41) is 0.619. The molecule has 1 amide bonds. The van der Waals surface area contributed by atoms with Gasteiger partial charge in [-0.3, -0.25) is 9.69 Å². The van der Waals surface area contributed by atoms with Crippen molar-refractivity contribution in [1.29, 1.82) is 0 Å². The first-order valence-electron chi connectivity index (χ1n) is 9.38. The number of carbonyl (C=O) groups is 1. The Balaban J connectivity index is 0.00000272. The molecular weight excluding hydrogens is 440 g/mol. The molecule has 1 aromatic carbocycles. The third-order valence-corrected chi connectivity index (χ3v) is 5.49. The predicted molar refractivity (Wildman–Crippen MR) is 110 cm³/mol. The summed E-state index contributed by atoms with van der Waals surface area (Å²) in [5.41, 5.74) is -0.708. The fourth-order valence-corrected chi connectivity index (χ4v) is 3.88. The van der Waals surface area contributed by atoms with E-state index in [1.807, 2.05) is 4.90 Å². The van der Waals surface area contributed by atoms with Crippen LogP contribution < -0.4 is 4.74 Å². The lowest BCUT2D eigenvalue weighted by Gasteiger charge is -2.32. The molecule has 0 aliphatic carbocycles. The SMILES string of the molecule is COc1cc2c(cc1F)c1ccnc(C(F)(F)F)c1n2CCN1CCN(C)C(=O)C1.Cl. The summed E-state index contributed by atoms with van der Waals surface area (Å²) >= 11 is 0. The normalized spacial score (nSPS) is 15.5. The Labute approximate surface area is 181 Å². The van der Waals surface area contributed by atoms with E-state index >= 15 is 0 Å². The molecule has 0 bridgehead atoms. The zero-order chi connectivity index (χ0) is 21.6. The molecule has 0 saturated carbocycles. The number of fused-ring (bicyclic) bond motifs is 3. The molecule has 1 saturated heterocycles. The Morgan fingerprint density at radius 3 is 2.55 bits per heavy atom. The molecule has 168 valence electrons. The Kier molecular flexibility index (Phi) is 6.33. The molecule has 0 unspecified atom stereocenters. The number of aromatic nitrogens is 2. The zero-order valence-corrected chi connectivity index (χ0v) is 17.7. The van der Waals surface area contributed by atoms with Crippen LogP contribution in [0.3, 0.4) is 0 Å². The van der Waals surface area contributed by atoms with Crippen LogP contribution >= 0.6 is 12.4 Å². The van der Waals surface area contributed by atoms with Crippen molar-refractivity contribution < 1.29 is 27.1 Å². The van der Waals surface area contributed by atoms with Crippen molar-refractivity contribution >= 4 is 40.1 Å². The van der Waals surface area contributed by atoms with Crippen LogP contribution in [0.4, 0.5) is 17.6 Å². The summed E-state index contributed by atoms with van der Waals surface area (Å²) in [6.07, 6.45) is -3.59. The lowest BCUT2D eigenvalue weighted by atomic mass is 10.1. The number of benzene rings is 1. The number of piperazine rings is 1. The quantitative estimate of drug-likeness (QED) is 0.559. The third kappa shape index (κ3) is 4.14.